The van der Waals surface area contributed by atoms with Gasteiger partial charge in [0.25, 0.3) is 0 Å². The number of nitrogens with two attached hydrogens (primary N) is 1. The topological polar surface area (TPSA) is 43.8 Å². The highest BCUT2D eigenvalue weighted by atomic mass is 32.2. The highest BCUT2D eigenvalue weighted by Crippen LogP contribution is 2.46. The molecular weight excluding hydrogens is 242 g/mol. The molecule has 0 amide bonds. The molecule has 1 aromatic heterocycles. The Hall–Kier alpha value is -1.00. The van der Waals surface area contributed by atoms with Gasteiger partial charge in [0, 0.05) is 13.6 Å². The summed E-state index contributed by atoms with van der Waals surface area (Å²) in [7, 11) is 2.12. The monoisotopic (exact) mass is 261 g/mol. The van der Waals surface area contributed by atoms with Gasteiger partial charge in [0.05, 0.1) is 15.8 Å². The molecule has 1 unspecified atom stereocenters. The first-order valence-electron chi connectivity index (χ1n) is 6.44. The van der Waals surface area contributed by atoms with Gasteiger partial charge in [0.2, 0.25) is 0 Å². The average molecular weight is 261 g/mol. The van der Waals surface area contributed by atoms with Gasteiger partial charge in [-0.1, -0.05) is 6.07 Å². The van der Waals surface area contributed by atoms with Crippen molar-refractivity contribution in [3.8, 4) is 0 Å². The first-order chi connectivity index (χ1) is 8.64. The minimum absolute atomic E-state index is 0.177. The molecule has 1 aliphatic rings. The Morgan fingerprint density at radius 2 is 2.33 bits per heavy atom. The van der Waals surface area contributed by atoms with Crippen molar-refractivity contribution in [2.24, 2.45) is 12.8 Å². The van der Waals surface area contributed by atoms with E-state index in [1.54, 1.807) is 0 Å². The Labute approximate surface area is 112 Å². The minimum Gasteiger partial charge on any atom is -0.330 e. The van der Waals surface area contributed by atoms with E-state index in [4.69, 9.17) is 10.7 Å². The van der Waals surface area contributed by atoms with E-state index in [1.165, 1.54) is 35.5 Å². The molecule has 1 saturated heterocycles. The van der Waals surface area contributed by atoms with Crippen molar-refractivity contribution in [1.82, 2.24) is 9.55 Å². The van der Waals surface area contributed by atoms with Crippen LogP contribution < -0.4 is 5.73 Å². The molecule has 1 fully saturated rings. The van der Waals surface area contributed by atoms with Gasteiger partial charge < -0.3 is 10.3 Å². The van der Waals surface area contributed by atoms with Crippen LogP contribution in [0.1, 0.15) is 31.2 Å². The van der Waals surface area contributed by atoms with Crippen molar-refractivity contribution >= 4 is 22.8 Å². The largest absolute Gasteiger partial charge is 0.330 e. The summed E-state index contributed by atoms with van der Waals surface area (Å²) in [5, 5.41) is 0. The molecule has 2 heterocycles. The van der Waals surface area contributed by atoms with Gasteiger partial charge >= 0.3 is 0 Å². The van der Waals surface area contributed by atoms with E-state index in [0.29, 0.717) is 6.54 Å². The number of thioether (sulfide) groups is 1. The molecular formula is C14H19N3S. The van der Waals surface area contributed by atoms with Crippen molar-refractivity contribution in [3.05, 3.63) is 29.6 Å². The van der Waals surface area contributed by atoms with Crippen LogP contribution in [0, 0.1) is 0 Å². The molecule has 0 radical (unpaired) electrons. The molecule has 1 atom stereocenters. The predicted octanol–water partition coefficient (Wildman–Crippen LogP) is 2.77. The Kier molecular flexibility index (Phi) is 2.87. The summed E-state index contributed by atoms with van der Waals surface area (Å²) >= 11 is 2.03. The molecule has 3 rings (SSSR count). The summed E-state index contributed by atoms with van der Waals surface area (Å²) in [5.41, 5.74) is 9.16. The third-order valence-electron chi connectivity index (χ3n) is 3.87. The van der Waals surface area contributed by atoms with E-state index in [0.717, 1.165) is 5.52 Å². The first kappa shape index (κ1) is 12.1. The molecule has 0 saturated carbocycles. The first-order valence-corrected chi connectivity index (χ1v) is 7.42. The van der Waals surface area contributed by atoms with Gasteiger partial charge in [-0.3, -0.25) is 0 Å². The summed E-state index contributed by atoms with van der Waals surface area (Å²) < 4.78 is 2.42. The third-order valence-corrected chi connectivity index (χ3v) is 5.39. The maximum atomic E-state index is 5.71. The number of aromatic nitrogens is 2. The summed E-state index contributed by atoms with van der Waals surface area (Å²) in [5.74, 6) is 2.45. The molecule has 0 bridgehead atoms. The number of rotatable bonds is 2. The van der Waals surface area contributed by atoms with Gasteiger partial charge in [0.15, 0.2) is 0 Å². The lowest BCUT2D eigenvalue weighted by molar-refractivity contribution is 0.584. The van der Waals surface area contributed by atoms with Crippen LogP contribution in [-0.4, -0.2) is 15.3 Å². The van der Waals surface area contributed by atoms with Crippen LogP contribution in [-0.2, 0) is 18.3 Å². The van der Waals surface area contributed by atoms with Crippen molar-refractivity contribution < 1.29 is 0 Å². The van der Waals surface area contributed by atoms with Crippen LogP contribution in [0.2, 0.25) is 0 Å². The SMILES string of the molecule is Cn1c(C2(C)CCCS2)nc2ccc(CN)cc21. The second-order valence-electron chi connectivity index (χ2n) is 5.20. The van der Waals surface area contributed by atoms with Gasteiger partial charge in [0.1, 0.15) is 5.82 Å². The zero-order chi connectivity index (χ0) is 12.8. The summed E-state index contributed by atoms with van der Waals surface area (Å²) in [4.78, 5) is 4.84. The molecule has 18 heavy (non-hydrogen) atoms. The fourth-order valence-corrected chi connectivity index (χ4v) is 4.13. The lowest BCUT2D eigenvalue weighted by atomic mass is 10.1. The van der Waals surface area contributed by atoms with Crippen LogP contribution in [0.4, 0.5) is 0 Å². The third kappa shape index (κ3) is 1.75. The lowest BCUT2D eigenvalue weighted by Crippen LogP contribution is -2.18. The van der Waals surface area contributed by atoms with Crippen molar-refractivity contribution in [3.63, 3.8) is 0 Å². The molecule has 2 N–H and O–H groups in total. The van der Waals surface area contributed by atoms with Crippen LogP contribution in [0.25, 0.3) is 11.0 Å². The molecule has 3 nitrogen and oxygen atoms in total. The van der Waals surface area contributed by atoms with Gasteiger partial charge in [-0.15, -0.1) is 11.8 Å². The van der Waals surface area contributed by atoms with E-state index in [2.05, 4.69) is 36.7 Å². The molecule has 4 heteroatoms. The molecule has 0 aliphatic carbocycles. The molecule has 1 aromatic carbocycles. The van der Waals surface area contributed by atoms with Crippen LogP contribution >= 0.6 is 11.8 Å². The second-order valence-corrected chi connectivity index (χ2v) is 6.80. The predicted molar refractivity (Wildman–Crippen MR) is 77.6 cm³/mol. The second kappa shape index (κ2) is 4.28. The normalized spacial score (nSPS) is 23.9. The van der Waals surface area contributed by atoms with Crippen molar-refractivity contribution in [2.75, 3.05) is 5.75 Å². The quantitative estimate of drug-likeness (QED) is 0.904. The smallest absolute Gasteiger partial charge is 0.125 e. The maximum Gasteiger partial charge on any atom is 0.125 e. The van der Waals surface area contributed by atoms with Crippen molar-refractivity contribution in [1.29, 1.82) is 0 Å². The highest BCUT2D eigenvalue weighted by Gasteiger charge is 2.35. The number of nitrogens with zero attached hydrogens (tertiary/aromatic N) is 2. The maximum absolute atomic E-state index is 5.71. The molecule has 0 spiro atoms. The van der Waals surface area contributed by atoms with E-state index in [-0.39, 0.29) is 4.75 Å². The van der Waals surface area contributed by atoms with Crippen LogP contribution in [0.15, 0.2) is 18.2 Å². The average Bonchev–Trinajstić information content (AvgIpc) is 2.95. The zero-order valence-electron chi connectivity index (χ0n) is 10.9. The number of benzene rings is 1. The van der Waals surface area contributed by atoms with E-state index >= 15 is 0 Å². The number of hydrogen-bond acceptors (Lipinski definition) is 3. The summed E-state index contributed by atoms with van der Waals surface area (Å²) in [6, 6.07) is 6.32. The Balaban J connectivity index is 2.16. The Bertz CT molecular complexity index is 582. The standard InChI is InChI=1S/C14H19N3S/c1-14(6-3-7-18-14)13-16-11-5-4-10(9-15)8-12(11)17(13)2/h4-5,8H,3,6-7,9,15H2,1-2H3. The van der Waals surface area contributed by atoms with Crippen LogP contribution in [0.5, 0.6) is 0 Å². The summed E-state index contributed by atoms with van der Waals surface area (Å²) in [6.07, 6.45) is 2.51. The number of hydrogen-bond donors (Lipinski definition) is 1. The van der Waals surface area contributed by atoms with E-state index in [1.807, 2.05) is 11.8 Å². The lowest BCUT2D eigenvalue weighted by Gasteiger charge is -2.21. The molecule has 1 aliphatic heterocycles. The number of fused-ring (bicyclic) bond motifs is 1. The number of aryl methyl sites for hydroxylation is 1. The fraction of sp³-hybridized carbons (Fsp3) is 0.500. The number of imidazole rings is 1. The fourth-order valence-electron chi connectivity index (χ4n) is 2.79. The van der Waals surface area contributed by atoms with Crippen LogP contribution in [0.3, 0.4) is 0 Å². The zero-order valence-corrected chi connectivity index (χ0v) is 11.8. The van der Waals surface area contributed by atoms with E-state index in [9.17, 15) is 0 Å². The Morgan fingerprint density at radius 1 is 1.50 bits per heavy atom. The van der Waals surface area contributed by atoms with E-state index < -0.39 is 0 Å². The molecule has 2 aromatic rings. The Morgan fingerprint density at radius 3 is 3.00 bits per heavy atom. The van der Waals surface area contributed by atoms with Crippen molar-refractivity contribution in [2.45, 2.75) is 31.1 Å². The van der Waals surface area contributed by atoms with Gasteiger partial charge in [-0.05, 0) is 43.2 Å². The minimum atomic E-state index is 0.177. The molecule has 96 valence electrons. The summed E-state index contributed by atoms with van der Waals surface area (Å²) in [6.45, 7) is 2.90. The van der Waals surface area contributed by atoms with Gasteiger partial charge in [-0.2, -0.15) is 0 Å². The van der Waals surface area contributed by atoms with Gasteiger partial charge in [-0.25, -0.2) is 4.98 Å². The highest BCUT2D eigenvalue weighted by molar-refractivity contribution is 8.00.